The summed E-state index contributed by atoms with van der Waals surface area (Å²) in [6.45, 7) is 0. The molecular formula is C8H9FN2O3S. The maximum Gasteiger partial charge on any atom is 0.357 e. The molecule has 0 unspecified atom stereocenters. The predicted octanol–water partition coefficient (Wildman–Crippen LogP) is 0.782. The molecule has 7 heteroatoms. The molecule has 2 N–H and O–H groups in total. The number of benzene rings is 1. The van der Waals surface area contributed by atoms with E-state index >= 15 is 0 Å². The van der Waals surface area contributed by atoms with Crippen LogP contribution >= 0.6 is 0 Å². The van der Waals surface area contributed by atoms with Gasteiger partial charge in [-0.3, -0.25) is 0 Å². The zero-order valence-corrected chi connectivity index (χ0v) is 8.45. The average Bonchev–Trinajstić information content (AvgIpc) is 2.17. The molecule has 0 aromatic heterocycles. The third-order valence-electron chi connectivity index (χ3n) is 1.61. The maximum absolute atomic E-state index is 12.8. The van der Waals surface area contributed by atoms with Gasteiger partial charge in [-0.25, -0.2) is 13.2 Å². The van der Waals surface area contributed by atoms with E-state index in [0.717, 1.165) is 0 Å². The van der Waals surface area contributed by atoms with Crippen LogP contribution in [0.4, 0.5) is 9.28 Å². The average molecular weight is 232 g/mol. The highest BCUT2D eigenvalue weighted by Crippen LogP contribution is 2.10. The first kappa shape index (κ1) is 11.4. The van der Waals surface area contributed by atoms with E-state index in [2.05, 4.69) is 5.73 Å². The standard InChI is InChI=1S/C8H9FN2O3S/c9-11(8(10)12)15(13,14)6-7-4-2-1-3-5-7/h1-5H,6H2,(H2,10,12). The van der Waals surface area contributed by atoms with Gasteiger partial charge in [0, 0.05) is 0 Å². The number of hydrogen-bond donors (Lipinski definition) is 1. The lowest BCUT2D eigenvalue weighted by molar-refractivity contribution is 0.154. The summed E-state index contributed by atoms with van der Waals surface area (Å²) in [4.78, 5) is 10.3. The van der Waals surface area contributed by atoms with Gasteiger partial charge in [-0.15, -0.1) is 0 Å². The molecule has 0 spiro atoms. The second-order valence-electron chi connectivity index (χ2n) is 2.79. The zero-order valence-electron chi connectivity index (χ0n) is 7.63. The molecule has 0 aliphatic rings. The number of carbonyl (C=O) groups is 1. The summed E-state index contributed by atoms with van der Waals surface area (Å²) in [6, 6.07) is 6.27. The highest BCUT2D eigenvalue weighted by Gasteiger charge is 2.25. The number of halogens is 1. The monoisotopic (exact) mass is 232 g/mol. The molecule has 0 atom stereocenters. The Morgan fingerprint density at radius 2 is 1.87 bits per heavy atom. The zero-order chi connectivity index (χ0) is 11.5. The number of primary amides is 1. The Morgan fingerprint density at radius 1 is 1.33 bits per heavy atom. The van der Waals surface area contributed by atoms with Gasteiger partial charge in [-0.2, -0.15) is 0 Å². The third kappa shape index (κ3) is 2.91. The van der Waals surface area contributed by atoms with Crippen molar-refractivity contribution in [1.82, 2.24) is 4.53 Å². The Balaban J connectivity index is 2.87. The number of hydrogen-bond acceptors (Lipinski definition) is 3. The van der Waals surface area contributed by atoms with Crippen molar-refractivity contribution in [3.63, 3.8) is 0 Å². The number of nitrogens with two attached hydrogens (primary N) is 1. The fourth-order valence-corrected chi connectivity index (χ4v) is 1.98. The Kier molecular flexibility index (Phi) is 3.25. The van der Waals surface area contributed by atoms with Crippen molar-refractivity contribution in [2.45, 2.75) is 5.75 Å². The molecule has 0 saturated carbocycles. The van der Waals surface area contributed by atoms with Gasteiger partial charge in [-0.05, 0) is 10.1 Å². The van der Waals surface area contributed by atoms with Crippen molar-refractivity contribution in [3.8, 4) is 0 Å². The van der Waals surface area contributed by atoms with E-state index in [9.17, 15) is 17.7 Å². The molecule has 2 amide bonds. The lowest BCUT2D eigenvalue weighted by Gasteiger charge is -2.09. The van der Waals surface area contributed by atoms with Crippen molar-refractivity contribution in [2.75, 3.05) is 0 Å². The van der Waals surface area contributed by atoms with E-state index in [1.807, 2.05) is 0 Å². The molecule has 1 rings (SSSR count). The van der Waals surface area contributed by atoms with Crippen molar-refractivity contribution < 1.29 is 17.7 Å². The molecule has 1 aromatic rings. The molecule has 0 fully saturated rings. The highest BCUT2D eigenvalue weighted by molar-refractivity contribution is 7.88. The molecular weight excluding hydrogens is 223 g/mol. The topological polar surface area (TPSA) is 80.5 Å². The van der Waals surface area contributed by atoms with Crippen LogP contribution in [0.1, 0.15) is 5.56 Å². The second-order valence-corrected chi connectivity index (χ2v) is 4.57. The minimum atomic E-state index is -4.32. The van der Waals surface area contributed by atoms with E-state index in [-0.39, 0.29) is 0 Å². The third-order valence-corrected chi connectivity index (χ3v) is 2.98. The fraction of sp³-hybridized carbons (Fsp3) is 0.125. The van der Waals surface area contributed by atoms with E-state index in [1.165, 1.54) is 12.1 Å². The summed E-state index contributed by atoms with van der Waals surface area (Å²) >= 11 is 0. The Labute approximate surface area is 86.3 Å². The molecule has 0 aliphatic carbocycles. The normalized spacial score (nSPS) is 11.0. The van der Waals surface area contributed by atoms with Crippen molar-refractivity contribution in [1.29, 1.82) is 0 Å². The van der Waals surface area contributed by atoms with Crippen LogP contribution in [0.5, 0.6) is 0 Å². The molecule has 0 saturated heterocycles. The molecule has 82 valence electrons. The molecule has 5 nitrogen and oxygen atoms in total. The Hall–Kier alpha value is -1.63. The smallest absolute Gasteiger partial charge is 0.349 e. The van der Waals surface area contributed by atoms with Crippen LogP contribution in [0.2, 0.25) is 0 Å². The summed E-state index contributed by atoms with van der Waals surface area (Å²) in [5.74, 6) is -0.604. The highest BCUT2D eigenvalue weighted by atomic mass is 32.2. The summed E-state index contributed by atoms with van der Waals surface area (Å²) in [6.07, 6.45) is 0. The van der Waals surface area contributed by atoms with Crippen LogP contribution in [0.3, 0.4) is 0 Å². The first-order valence-corrected chi connectivity index (χ1v) is 5.56. The Bertz CT molecular complexity index is 446. The number of sulfonamides is 1. The summed E-state index contributed by atoms with van der Waals surface area (Å²) in [5.41, 5.74) is 4.88. The quantitative estimate of drug-likeness (QED) is 0.782. The fourth-order valence-electron chi connectivity index (χ4n) is 0.979. The van der Waals surface area contributed by atoms with Gasteiger partial charge in [-0.1, -0.05) is 34.8 Å². The van der Waals surface area contributed by atoms with Gasteiger partial charge >= 0.3 is 6.03 Å². The number of nitrogens with zero attached hydrogens (tertiary/aromatic N) is 1. The predicted molar refractivity (Wildman–Crippen MR) is 51.6 cm³/mol. The molecule has 0 radical (unpaired) electrons. The Morgan fingerprint density at radius 3 is 2.33 bits per heavy atom. The van der Waals surface area contributed by atoms with Gasteiger partial charge < -0.3 is 5.73 Å². The van der Waals surface area contributed by atoms with Crippen LogP contribution in [0.15, 0.2) is 30.3 Å². The number of rotatable bonds is 3. The first-order chi connectivity index (χ1) is 6.93. The molecule has 1 aromatic carbocycles. The maximum atomic E-state index is 12.8. The number of urea groups is 1. The first-order valence-electron chi connectivity index (χ1n) is 3.95. The van der Waals surface area contributed by atoms with E-state index < -0.39 is 26.3 Å². The SMILES string of the molecule is NC(=O)N(F)S(=O)(=O)Cc1ccccc1. The summed E-state index contributed by atoms with van der Waals surface area (Å²) in [7, 11) is -4.32. The van der Waals surface area contributed by atoms with Gasteiger partial charge in [0.15, 0.2) is 0 Å². The van der Waals surface area contributed by atoms with Gasteiger partial charge in [0.05, 0.1) is 5.75 Å². The number of carbonyl (C=O) groups excluding carboxylic acids is 1. The van der Waals surface area contributed by atoms with Gasteiger partial charge in [0.2, 0.25) is 0 Å². The van der Waals surface area contributed by atoms with Crippen molar-refractivity contribution >= 4 is 16.1 Å². The van der Waals surface area contributed by atoms with Gasteiger partial charge in [0.25, 0.3) is 10.0 Å². The van der Waals surface area contributed by atoms with Crippen LogP contribution in [-0.4, -0.2) is 19.0 Å². The van der Waals surface area contributed by atoms with Crippen LogP contribution in [-0.2, 0) is 15.8 Å². The number of amides is 2. The minimum absolute atomic E-state index is 0.376. The van der Waals surface area contributed by atoms with E-state index in [4.69, 9.17) is 0 Å². The van der Waals surface area contributed by atoms with Crippen molar-refractivity contribution in [3.05, 3.63) is 35.9 Å². The van der Waals surface area contributed by atoms with Crippen LogP contribution in [0.25, 0.3) is 0 Å². The summed E-state index contributed by atoms with van der Waals surface area (Å²) < 4.78 is 34.2. The second kappa shape index (κ2) is 4.26. The lowest BCUT2D eigenvalue weighted by Crippen LogP contribution is -2.34. The summed E-state index contributed by atoms with van der Waals surface area (Å²) in [5, 5.41) is 0. The van der Waals surface area contributed by atoms with Gasteiger partial charge in [0.1, 0.15) is 0 Å². The molecule has 0 heterocycles. The minimum Gasteiger partial charge on any atom is -0.349 e. The lowest BCUT2D eigenvalue weighted by atomic mass is 10.2. The van der Waals surface area contributed by atoms with E-state index in [0.29, 0.717) is 5.56 Å². The molecule has 15 heavy (non-hydrogen) atoms. The van der Waals surface area contributed by atoms with E-state index in [1.54, 1.807) is 18.2 Å². The largest absolute Gasteiger partial charge is 0.357 e. The molecule has 0 aliphatic heterocycles. The van der Waals surface area contributed by atoms with Crippen molar-refractivity contribution in [2.24, 2.45) is 5.73 Å². The molecule has 0 bridgehead atoms. The van der Waals surface area contributed by atoms with Crippen LogP contribution < -0.4 is 5.73 Å². The van der Waals surface area contributed by atoms with Crippen LogP contribution in [0, 0.1) is 0 Å².